The highest BCUT2D eigenvalue weighted by Crippen LogP contribution is 2.17. The van der Waals surface area contributed by atoms with Crippen LogP contribution in [0, 0.1) is 0 Å². The molecule has 0 aliphatic carbocycles. The van der Waals surface area contributed by atoms with Crippen molar-refractivity contribution in [2.24, 2.45) is 10.1 Å². The van der Waals surface area contributed by atoms with Crippen LogP contribution in [0.1, 0.15) is 5.56 Å². The number of benzene rings is 2. The van der Waals surface area contributed by atoms with E-state index in [1.165, 1.54) is 0 Å². The Labute approximate surface area is 127 Å². The summed E-state index contributed by atoms with van der Waals surface area (Å²) in [6, 6.07) is 18.6. The van der Waals surface area contributed by atoms with Crippen molar-refractivity contribution in [2.75, 3.05) is 5.32 Å². The molecule has 3 rings (SSSR count). The van der Waals surface area contributed by atoms with Gasteiger partial charge in [0, 0.05) is 5.69 Å². The van der Waals surface area contributed by atoms with Gasteiger partial charge in [0.15, 0.2) is 11.5 Å². The van der Waals surface area contributed by atoms with Crippen LogP contribution in [0.2, 0.25) is 0 Å². The van der Waals surface area contributed by atoms with Crippen molar-refractivity contribution in [3.05, 3.63) is 71.9 Å². The van der Waals surface area contributed by atoms with Crippen LogP contribution in [0.3, 0.4) is 0 Å². The fourth-order valence-corrected chi connectivity index (χ4v) is 2.10. The Kier molecular flexibility index (Phi) is 3.78. The summed E-state index contributed by atoms with van der Waals surface area (Å²) >= 11 is 0. The molecule has 0 saturated carbocycles. The highest BCUT2D eigenvalue weighted by molar-refractivity contribution is 6.74. The number of nitrogens with one attached hydrogen (secondary N) is 1. The average Bonchev–Trinajstić information content (AvgIpc) is 2.84. The normalized spacial score (nSPS) is 17.8. The van der Waals surface area contributed by atoms with Gasteiger partial charge in [-0.15, -0.1) is 0 Å². The molecule has 0 amide bonds. The van der Waals surface area contributed by atoms with Crippen LogP contribution in [0.25, 0.3) is 6.08 Å². The van der Waals surface area contributed by atoms with Crippen molar-refractivity contribution in [1.29, 1.82) is 0 Å². The first-order chi connectivity index (χ1) is 10.8. The Balaban J connectivity index is 1.93. The molecule has 1 aliphatic heterocycles. The van der Waals surface area contributed by atoms with Gasteiger partial charge in [0.25, 0.3) is 0 Å². The second-order valence-corrected chi connectivity index (χ2v) is 4.67. The highest BCUT2D eigenvalue weighted by Gasteiger charge is 2.30. The molecule has 0 unspecified atom stereocenters. The molecule has 2 aromatic rings. The average molecular weight is 291 g/mol. The first-order valence-corrected chi connectivity index (χ1v) is 6.72. The third kappa shape index (κ3) is 2.78. The quantitative estimate of drug-likeness (QED) is 0.507. The van der Waals surface area contributed by atoms with Gasteiger partial charge in [0.05, 0.1) is 0 Å². The topological polar surface area (TPSA) is 74.0 Å². The molecule has 0 saturated heterocycles. The summed E-state index contributed by atoms with van der Waals surface area (Å²) in [5.41, 5.74) is 1.76. The van der Waals surface area contributed by atoms with E-state index in [4.69, 9.17) is 5.21 Å². The van der Waals surface area contributed by atoms with E-state index >= 15 is 0 Å². The number of rotatable bonds is 2. The summed E-state index contributed by atoms with van der Waals surface area (Å²) in [5.74, 6) is -0.175. The number of ketones is 1. The van der Waals surface area contributed by atoms with Gasteiger partial charge in [-0.2, -0.15) is 0 Å². The van der Waals surface area contributed by atoms with Crippen LogP contribution in [0.5, 0.6) is 0 Å². The fraction of sp³-hybridized carbons (Fsp3) is 0. The second-order valence-electron chi connectivity index (χ2n) is 4.67. The van der Waals surface area contributed by atoms with E-state index in [0.717, 1.165) is 11.3 Å². The van der Waals surface area contributed by atoms with E-state index in [1.54, 1.807) is 6.08 Å². The fourth-order valence-electron chi connectivity index (χ4n) is 2.10. The Hall–Kier alpha value is -3.21. The number of aliphatic imine (C=N–C) groups is 1. The van der Waals surface area contributed by atoms with Crippen molar-refractivity contribution in [2.45, 2.75) is 0 Å². The van der Waals surface area contributed by atoms with Gasteiger partial charge < -0.3 is 10.5 Å². The van der Waals surface area contributed by atoms with E-state index in [9.17, 15) is 4.79 Å². The molecule has 0 fully saturated rings. The zero-order valence-electron chi connectivity index (χ0n) is 11.6. The molecule has 0 atom stereocenters. The molecule has 0 radical (unpaired) electrons. The summed E-state index contributed by atoms with van der Waals surface area (Å²) in [4.78, 5) is 16.5. The predicted molar refractivity (Wildman–Crippen MR) is 86.1 cm³/mol. The number of anilines is 1. The lowest BCUT2D eigenvalue weighted by molar-refractivity contribution is -0.109. The highest BCUT2D eigenvalue weighted by atomic mass is 16.4. The van der Waals surface area contributed by atoms with Crippen molar-refractivity contribution in [1.82, 2.24) is 0 Å². The van der Waals surface area contributed by atoms with Gasteiger partial charge in [-0.3, -0.25) is 4.79 Å². The lowest BCUT2D eigenvalue weighted by Crippen LogP contribution is -2.24. The number of oxime groups is 1. The molecule has 0 bridgehead atoms. The maximum Gasteiger partial charge on any atom is 0.237 e. The molecule has 5 nitrogen and oxygen atoms in total. The molecule has 0 spiro atoms. The lowest BCUT2D eigenvalue weighted by Gasteiger charge is -2.03. The Morgan fingerprint density at radius 2 is 1.64 bits per heavy atom. The van der Waals surface area contributed by atoms with Gasteiger partial charge in [-0.1, -0.05) is 53.7 Å². The molecule has 5 heteroatoms. The largest absolute Gasteiger partial charge is 0.410 e. The van der Waals surface area contributed by atoms with E-state index in [2.05, 4.69) is 15.5 Å². The first kappa shape index (κ1) is 13.8. The first-order valence-electron chi connectivity index (χ1n) is 6.72. The lowest BCUT2D eigenvalue weighted by atomic mass is 10.1. The maximum atomic E-state index is 12.2. The van der Waals surface area contributed by atoms with Crippen LogP contribution in [-0.4, -0.2) is 22.5 Å². The van der Waals surface area contributed by atoms with Gasteiger partial charge in [0.2, 0.25) is 5.78 Å². The summed E-state index contributed by atoms with van der Waals surface area (Å²) in [6.45, 7) is 0. The number of hydrogen-bond donors (Lipinski definition) is 2. The standard InChI is InChI=1S/C17H13N3O2/c21-16-14(11-12-7-3-1-4-8-12)19-17(15(16)20-22)18-13-9-5-2-6-10-13/h1-11,22H,(H,18,19)/b14-11-,20-15+. The minimum absolute atomic E-state index is 0.0916. The van der Waals surface area contributed by atoms with Gasteiger partial charge in [-0.25, -0.2) is 4.99 Å². The van der Waals surface area contributed by atoms with E-state index in [-0.39, 0.29) is 17.2 Å². The molecule has 1 heterocycles. The molecule has 1 aliphatic rings. The van der Waals surface area contributed by atoms with E-state index in [1.807, 2.05) is 60.7 Å². The number of allylic oxidation sites excluding steroid dienone is 1. The predicted octanol–water partition coefficient (Wildman–Crippen LogP) is 2.95. The van der Waals surface area contributed by atoms with Crippen LogP contribution in [0.4, 0.5) is 5.69 Å². The molecule has 22 heavy (non-hydrogen) atoms. The Bertz CT molecular complexity index is 778. The third-order valence-electron chi connectivity index (χ3n) is 3.14. The number of amidine groups is 1. The third-order valence-corrected chi connectivity index (χ3v) is 3.14. The van der Waals surface area contributed by atoms with Crippen LogP contribution >= 0.6 is 0 Å². The smallest absolute Gasteiger partial charge is 0.237 e. The van der Waals surface area contributed by atoms with E-state index in [0.29, 0.717) is 0 Å². The summed E-state index contributed by atoms with van der Waals surface area (Å²) in [5, 5.41) is 15.1. The summed E-state index contributed by atoms with van der Waals surface area (Å²) in [6.07, 6.45) is 1.66. The SMILES string of the molecule is O=C1/C(=C/c2ccccc2)N=C(Nc2ccccc2)/C1=N/O. The molecule has 2 aromatic carbocycles. The number of Topliss-reactive ketones (excluding diaryl/α,β-unsaturated/α-hetero) is 1. The van der Waals surface area contributed by atoms with Crippen molar-refractivity contribution < 1.29 is 10.0 Å². The van der Waals surface area contributed by atoms with Crippen LogP contribution in [-0.2, 0) is 4.79 Å². The molecule has 2 N–H and O–H groups in total. The van der Waals surface area contributed by atoms with E-state index < -0.39 is 5.78 Å². The minimum atomic E-state index is -0.412. The zero-order chi connectivity index (χ0) is 15.4. The van der Waals surface area contributed by atoms with Gasteiger partial charge in [-0.05, 0) is 23.8 Å². The molecular formula is C17H13N3O2. The van der Waals surface area contributed by atoms with Crippen LogP contribution in [0.15, 0.2) is 76.5 Å². The number of nitrogens with zero attached hydrogens (tertiary/aromatic N) is 2. The Morgan fingerprint density at radius 1 is 1.00 bits per heavy atom. The van der Waals surface area contributed by atoms with Gasteiger partial charge >= 0.3 is 0 Å². The zero-order valence-corrected chi connectivity index (χ0v) is 11.6. The molecular weight excluding hydrogens is 278 g/mol. The second kappa shape index (κ2) is 6.05. The van der Waals surface area contributed by atoms with Crippen molar-refractivity contribution in [3.8, 4) is 0 Å². The number of para-hydroxylation sites is 1. The number of carbonyl (C=O) groups is 1. The molecule has 0 aromatic heterocycles. The minimum Gasteiger partial charge on any atom is -0.410 e. The summed E-state index contributed by atoms with van der Waals surface area (Å²) < 4.78 is 0. The Morgan fingerprint density at radius 3 is 2.27 bits per heavy atom. The van der Waals surface area contributed by atoms with Gasteiger partial charge in [0.1, 0.15) is 5.70 Å². The monoisotopic (exact) mass is 291 g/mol. The number of carbonyl (C=O) groups excluding carboxylic acids is 1. The maximum absolute atomic E-state index is 12.2. The van der Waals surface area contributed by atoms with Crippen molar-refractivity contribution in [3.63, 3.8) is 0 Å². The van der Waals surface area contributed by atoms with Crippen molar-refractivity contribution >= 4 is 29.1 Å². The van der Waals surface area contributed by atoms with Crippen LogP contribution < -0.4 is 5.32 Å². The number of hydrogen-bond acceptors (Lipinski definition) is 5. The summed E-state index contributed by atoms with van der Waals surface area (Å²) in [7, 11) is 0. The molecule has 108 valence electrons.